The van der Waals surface area contributed by atoms with Gasteiger partial charge in [0, 0.05) is 6.42 Å². The van der Waals surface area contributed by atoms with Crippen LogP contribution in [0.15, 0.2) is 11.1 Å². The van der Waals surface area contributed by atoms with E-state index >= 15 is 0 Å². The molecule has 0 heterocycles. The lowest BCUT2D eigenvalue weighted by molar-refractivity contribution is 0.0697. The molecule has 0 aromatic carbocycles. The van der Waals surface area contributed by atoms with Crippen LogP contribution in [0.4, 0.5) is 0 Å². The molecule has 0 aromatic rings. The molecule has 4 aliphatic rings. The molecule has 5 atom stereocenters. The Kier molecular flexibility index (Phi) is 3.44. The highest BCUT2D eigenvalue weighted by Crippen LogP contribution is 2.63. The predicted molar refractivity (Wildman–Crippen MR) is 88.7 cm³/mol. The van der Waals surface area contributed by atoms with E-state index in [0.717, 1.165) is 30.1 Å². The lowest BCUT2D eigenvalue weighted by atomic mass is 9.55. The third kappa shape index (κ3) is 2.03. The minimum Gasteiger partial charge on any atom is -0.120 e. The van der Waals surface area contributed by atoms with Crippen molar-refractivity contribution < 1.29 is 0 Å². The van der Waals surface area contributed by atoms with Crippen LogP contribution in [0.1, 0.15) is 77.6 Å². The van der Waals surface area contributed by atoms with E-state index in [-0.39, 0.29) is 0 Å². The second kappa shape index (κ2) is 5.19. The van der Waals surface area contributed by atoms with Crippen molar-refractivity contribution in [2.45, 2.75) is 77.6 Å². The Bertz CT molecular complexity index is 491. The third-order valence-electron chi connectivity index (χ3n) is 7.82. The van der Waals surface area contributed by atoms with Crippen LogP contribution in [0.5, 0.6) is 0 Å². The molecule has 0 spiro atoms. The van der Waals surface area contributed by atoms with Gasteiger partial charge in [-0.2, -0.15) is 0 Å². The first-order chi connectivity index (χ1) is 10.2. The first-order valence-electron chi connectivity index (χ1n) is 9.39. The average molecular weight is 282 g/mol. The van der Waals surface area contributed by atoms with E-state index in [0.29, 0.717) is 5.41 Å². The number of fused-ring (bicyclic) bond motifs is 4. The van der Waals surface area contributed by atoms with Gasteiger partial charge in [-0.05, 0) is 86.9 Å². The van der Waals surface area contributed by atoms with Crippen LogP contribution in [0.3, 0.4) is 0 Å². The Hall–Kier alpha value is -0.700. The monoisotopic (exact) mass is 282 g/mol. The van der Waals surface area contributed by atoms with Crippen molar-refractivity contribution in [3.63, 3.8) is 0 Å². The van der Waals surface area contributed by atoms with Crippen LogP contribution >= 0.6 is 0 Å². The number of allylic oxidation sites excluding steroid dienone is 2. The van der Waals surface area contributed by atoms with Gasteiger partial charge in [0.05, 0.1) is 0 Å². The van der Waals surface area contributed by atoms with E-state index < -0.39 is 0 Å². The Morgan fingerprint density at radius 1 is 1.05 bits per heavy atom. The fraction of sp³-hybridized carbons (Fsp3) is 0.810. The van der Waals surface area contributed by atoms with Crippen LogP contribution in [0, 0.1) is 41.4 Å². The minimum absolute atomic E-state index is 0.558. The van der Waals surface area contributed by atoms with Gasteiger partial charge < -0.3 is 0 Å². The molecule has 0 radical (unpaired) electrons. The molecule has 0 N–H and O–H groups in total. The molecule has 0 nitrogen and oxygen atoms in total. The molecular formula is C21H30. The lowest BCUT2D eigenvalue weighted by Gasteiger charge is -2.50. The Morgan fingerprint density at radius 3 is 2.81 bits per heavy atom. The third-order valence-corrected chi connectivity index (χ3v) is 7.82. The summed E-state index contributed by atoms with van der Waals surface area (Å²) >= 11 is 0. The quantitative estimate of drug-likeness (QED) is 0.425. The van der Waals surface area contributed by atoms with E-state index in [4.69, 9.17) is 6.42 Å². The van der Waals surface area contributed by atoms with E-state index in [1.807, 2.05) is 11.1 Å². The fourth-order valence-electron chi connectivity index (χ4n) is 6.68. The van der Waals surface area contributed by atoms with Gasteiger partial charge in [-0.3, -0.25) is 0 Å². The summed E-state index contributed by atoms with van der Waals surface area (Å²) in [6.07, 6.45) is 21.2. The van der Waals surface area contributed by atoms with Gasteiger partial charge in [-0.15, -0.1) is 12.3 Å². The van der Waals surface area contributed by atoms with E-state index in [9.17, 15) is 0 Å². The summed E-state index contributed by atoms with van der Waals surface area (Å²) in [4.78, 5) is 0. The molecule has 1 unspecified atom stereocenters. The smallest absolute Gasteiger partial charge is 0.0120 e. The summed E-state index contributed by atoms with van der Waals surface area (Å²) in [5.74, 6) is 6.66. The average Bonchev–Trinajstić information content (AvgIpc) is 2.84. The fourth-order valence-corrected chi connectivity index (χ4v) is 6.68. The maximum Gasteiger partial charge on any atom is 0.0120 e. The van der Waals surface area contributed by atoms with Crippen molar-refractivity contribution in [2.75, 3.05) is 0 Å². The van der Waals surface area contributed by atoms with Crippen molar-refractivity contribution in [2.24, 2.45) is 29.1 Å². The Morgan fingerprint density at radius 2 is 1.95 bits per heavy atom. The van der Waals surface area contributed by atoms with Crippen molar-refractivity contribution in [3.8, 4) is 12.3 Å². The standard InChI is InChI=1S/C21H30/c1-3-6-16-10-12-20-19-11-9-15-7-4-5-8-17(15)18(19)13-14-21(16,20)2/h1,15-16,19-20H,4-14H2,2H3/t15?,16-,19-,20+,21-/m1/s1. The first-order valence-corrected chi connectivity index (χ1v) is 9.39. The number of hydrogen-bond acceptors (Lipinski definition) is 0. The molecule has 0 saturated heterocycles. The van der Waals surface area contributed by atoms with Gasteiger partial charge >= 0.3 is 0 Å². The summed E-state index contributed by atoms with van der Waals surface area (Å²) in [6, 6.07) is 0. The highest BCUT2D eigenvalue weighted by molar-refractivity contribution is 5.29. The predicted octanol–water partition coefficient (Wildman–Crippen LogP) is 5.73. The minimum atomic E-state index is 0.558. The zero-order valence-electron chi connectivity index (χ0n) is 13.7. The van der Waals surface area contributed by atoms with E-state index in [1.165, 1.54) is 64.2 Å². The van der Waals surface area contributed by atoms with Gasteiger partial charge in [0.25, 0.3) is 0 Å². The van der Waals surface area contributed by atoms with Gasteiger partial charge in [0.2, 0.25) is 0 Å². The molecular weight excluding hydrogens is 252 g/mol. The van der Waals surface area contributed by atoms with Gasteiger partial charge in [-0.1, -0.05) is 24.5 Å². The maximum atomic E-state index is 5.65. The molecule has 3 saturated carbocycles. The second-order valence-electron chi connectivity index (χ2n) is 8.47. The second-order valence-corrected chi connectivity index (χ2v) is 8.47. The van der Waals surface area contributed by atoms with Crippen LogP contribution in [0.25, 0.3) is 0 Å². The van der Waals surface area contributed by atoms with Gasteiger partial charge in [-0.25, -0.2) is 0 Å². The van der Waals surface area contributed by atoms with Crippen molar-refractivity contribution >= 4 is 0 Å². The first kappa shape index (κ1) is 13.9. The summed E-state index contributed by atoms with van der Waals surface area (Å²) in [5.41, 5.74) is 4.46. The van der Waals surface area contributed by atoms with Crippen LogP contribution in [0.2, 0.25) is 0 Å². The van der Waals surface area contributed by atoms with Crippen LogP contribution in [-0.2, 0) is 0 Å². The van der Waals surface area contributed by atoms with Gasteiger partial charge in [0.1, 0.15) is 0 Å². The number of hydrogen-bond donors (Lipinski definition) is 0. The van der Waals surface area contributed by atoms with Crippen LogP contribution in [-0.4, -0.2) is 0 Å². The van der Waals surface area contributed by atoms with E-state index in [2.05, 4.69) is 12.8 Å². The largest absolute Gasteiger partial charge is 0.120 e. The molecule has 4 rings (SSSR count). The highest BCUT2D eigenvalue weighted by Gasteiger charge is 2.53. The SMILES string of the molecule is C#CC[C@@H]1CC[C@H]2[C@@H]3CCC4CCCCC4=C3CC[C@]12C. The summed E-state index contributed by atoms with van der Waals surface area (Å²) in [6.45, 7) is 2.58. The molecule has 0 aliphatic heterocycles. The Balaban J connectivity index is 1.65. The highest BCUT2D eigenvalue weighted by atomic mass is 14.6. The zero-order valence-corrected chi connectivity index (χ0v) is 13.7. The van der Waals surface area contributed by atoms with Crippen LogP contribution < -0.4 is 0 Å². The number of rotatable bonds is 1. The van der Waals surface area contributed by atoms with Crippen molar-refractivity contribution in [1.29, 1.82) is 0 Å². The van der Waals surface area contributed by atoms with Crippen molar-refractivity contribution in [3.05, 3.63) is 11.1 Å². The molecule has 21 heavy (non-hydrogen) atoms. The molecule has 3 fully saturated rings. The summed E-state index contributed by atoms with van der Waals surface area (Å²) in [5, 5.41) is 0. The number of terminal acetylenes is 1. The molecule has 0 heteroatoms. The lowest BCUT2D eigenvalue weighted by Crippen LogP contribution is -2.40. The topological polar surface area (TPSA) is 0 Å². The maximum absolute atomic E-state index is 5.65. The van der Waals surface area contributed by atoms with Crippen molar-refractivity contribution in [1.82, 2.24) is 0 Å². The Labute approximate surface area is 130 Å². The van der Waals surface area contributed by atoms with E-state index in [1.54, 1.807) is 0 Å². The summed E-state index contributed by atoms with van der Waals surface area (Å²) in [7, 11) is 0. The molecule has 4 aliphatic carbocycles. The molecule has 114 valence electrons. The van der Waals surface area contributed by atoms with Gasteiger partial charge in [0.15, 0.2) is 0 Å². The normalized spacial score (nSPS) is 45.5. The summed E-state index contributed by atoms with van der Waals surface area (Å²) < 4.78 is 0. The molecule has 0 amide bonds. The molecule has 0 aromatic heterocycles. The molecule has 0 bridgehead atoms. The zero-order chi connectivity index (χ0) is 14.4.